The third-order valence-corrected chi connectivity index (χ3v) is 1.95. The summed E-state index contributed by atoms with van der Waals surface area (Å²) < 4.78 is 4.44. The minimum atomic E-state index is -0.419. The number of rotatable bonds is 2. The van der Waals surface area contributed by atoms with E-state index in [0.29, 0.717) is 10.7 Å². The fraction of sp³-hybridized carbons (Fsp3) is 0.100. The SMILES string of the molecule is COC(=O)/C=C/c1ccc(N)cc1Cl. The Hall–Kier alpha value is -1.48. The van der Waals surface area contributed by atoms with E-state index in [2.05, 4.69) is 4.74 Å². The van der Waals surface area contributed by atoms with Crippen LogP contribution in [0.15, 0.2) is 24.3 Å². The van der Waals surface area contributed by atoms with Crippen molar-refractivity contribution in [3.05, 3.63) is 34.9 Å². The number of ether oxygens (including phenoxy) is 1. The number of carbonyl (C=O) groups excluding carboxylic acids is 1. The van der Waals surface area contributed by atoms with Crippen LogP contribution in [-0.2, 0) is 9.53 Å². The van der Waals surface area contributed by atoms with Crippen molar-refractivity contribution in [2.75, 3.05) is 12.8 Å². The topological polar surface area (TPSA) is 52.3 Å². The molecule has 0 unspecified atom stereocenters. The molecule has 1 aromatic rings. The van der Waals surface area contributed by atoms with E-state index < -0.39 is 5.97 Å². The molecule has 4 heteroatoms. The van der Waals surface area contributed by atoms with E-state index in [1.165, 1.54) is 13.2 Å². The van der Waals surface area contributed by atoms with Crippen LogP contribution < -0.4 is 5.73 Å². The molecule has 0 saturated heterocycles. The molecule has 3 nitrogen and oxygen atoms in total. The summed E-state index contributed by atoms with van der Waals surface area (Å²) in [5, 5.41) is 0.505. The maximum absolute atomic E-state index is 10.8. The van der Waals surface area contributed by atoms with Crippen LogP contribution in [0.5, 0.6) is 0 Å². The van der Waals surface area contributed by atoms with Gasteiger partial charge in [-0.2, -0.15) is 0 Å². The number of nitrogen functional groups attached to an aromatic ring is 1. The Kier molecular flexibility index (Phi) is 3.54. The fourth-order valence-electron chi connectivity index (χ4n) is 0.904. The predicted octanol–water partition coefficient (Wildman–Crippen LogP) is 2.11. The lowest BCUT2D eigenvalue weighted by Crippen LogP contribution is -1.93. The number of esters is 1. The molecule has 0 aliphatic heterocycles. The second kappa shape index (κ2) is 4.67. The summed E-state index contributed by atoms with van der Waals surface area (Å²) in [7, 11) is 1.32. The summed E-state index contributed by atoms with van der Waals surface area (Å²) in [6.45, 7) is 0. The zero-order chi connectivity index (χ0) is 10.6. The number of hydrogen-bond acceptors (Lipinski definition) is 3. The Bertz CT molecular complexity index is 374. The van der Waals surface area contributed by atoms with Crippen LogP contribution >= 0.6 is 11.6 Å². The number of methoxy groups -OCH3 is 1. The van der Waals surface area contributed by atoms with Crippen LogP contribution in [0.3, 0.4) is 0 Å². The van der Waals surface area contributed by atoms with Gasteiger partial charge in [-0.25, -0.2) is 4.79 Å². The van der Waals surface area contributed by atoms with Gasteiger partial charge in [0, 0.05) is 16.8 Å². The first kappa shape index (κ1) is 10.6. The van der Waals surface area contributed by atoms with Gasteiger partial charge in [-0.3, -0.25) is 0 Å². The van der Waals surface area contributed by atoms with Crippen LogP contribution in [0.4, 0.5) is 5.69 Å². The lowest BCUT2D eigenvalue weighted by molar-refractivity contribution is -0.134. The molecule has 0 saturated carbocycles. The largest absolute Gasteiger partial charge is 0.466 e. The standard InChI is InChI=1S/C10H10ClNO2/c1-14-10(13)5-3-7-2-4-8(12)6-9(7)11/h2-6H,12H2,1H3/b5-3+. The molecule has 0 amide bonds. The van der Waals surface area contributed by atoms with Crippen molar-refractivity contribution in [1.29, 1.82) is 0 Å². The van der Waals surface area contributed by atoms with Crippen molar-refractivity contribution in [3.8, 4) is 0 Å². The molecule has 0 aromatic heterocycles. The molecule has 0 atom stereocenters. The van der Waals surface area contributed by atoms with Gasteiger partial charge in [-0.1, -0.05) is 17.7 Å². The summed E-state index contributed by atoms with van der Waals surface area (Å²) in [6, 6.07) is 5.07. The van der Waals surface area contributed by atoms with Gasteiger partial charge in [-0.05, 0) is 23.8 Å². The zero-order valence-electron chi connectivity index (χ0n) is 7.66. The number of hydrogen-bond donors (Lipinski definition) is 1. The van der Waals surface area contributed by atoms with Crippen LogP contribution in [0, 0.1) is 0 Å². The summed E-state index contributed by atoms with van der Waals surface area (Å²) in [5.41, 5.74) is 6.83. The lowest BCUT2D eigenvalue weighted by Gasteiger charge is -1.99. The van der Waals surface area contributed by atoms with Gasteiger partial charge in [0.1, 0.15) is 0 Å². The van der Waals surface area contributed by atoms with Gasteiger partial charge in [0.2, 0.25) is 0 Å². The van der Waals surface area contributed by atoms with E-state index in [0.717, 1.165) is 5.56 Å². The van der Waals surface area contributed by atoms with E-state index in [1.54, 1.807) is 24.3 Å². The molecule has 0 heterocycles. The van der Waals surface area contributed by atoms with Crippen molar-refractivity contribution in [1.82, 2.24) is 0 Å². The molecule has 0 radical (unpaired) electrons. The maximum atomic E-state index is 10.8. The van der Waals surface area contributed by atoms with Gasteiger partial charge in [-0.15, -0.1) is 0 Å². The van der Waals surface area contributed by atoms with Crippen molar-refractivity contribution < 1.29 is 9.53 Å². The van der Waals surface area contributed by atoms with Crippen LogP contribution in [0.1, 0.15) is 5.56 Å². The third-order valence-electron chi connectivity index (χ3n) is 1.62. The Labute approximate surface area is 87.1 Å². The van der Waals surface area contributed by atoms with Gasteiger partial charge >= 0.3 is 5.97 Å². The Morgan fingerprint density at radius 1 is 1.57 bits per heavy atom. The second-order valence-electron chi connectivity index (χ2n) is 2.64. The molecule has 0 aliphatic rings. The minimum absolute atomic E-state index is 0.419. The van der Waals surface area contributed by atoms with E-state index in [4.69, 9.17) is 17.3 Å². The second-order valence-corrected chi connectivity index (χ2v) is 3.04. The predicted molar refractivity (Wildman–Crippen MR) is 56.9 cm³/mol. The number of nitrogens with two attached hydrogens (primary N) is 1. The smallest absolute Gasteiger partial charge is 0.330 e. The van der Waals surface area contributed by atoms with E-state index >= 15 is 0 Å². The molecule has 0 aliphatic carbocycles. The molecule has 14 heavy (non-hydrogen) atoms. The first-order chi connectivity index (χ1) is 6.63. The zero-order valence-corrected chi connectivity index (χ0v) is 8.41. The van der Waals surface area contributed by atoms with Crippen molar-refractivity contribution in [3.63, 3.8) is 0 Å². The quantitative estimate of drug-likeness (QED) is 0.463. The highest BCUT2D eigenvalue weighted by Gasteiger charge is 1.98. The first-order valence-corrected chi connectivity index (χ1v) is 4.32. The van der Waals surface area contributed by atoms with Gasteiger partial charge in [0.25, 0.3) is 0 Å². The van der Waals surface area contributed by atoms with E-state index in [1.807, 2.05) is 0 Å². The van der Waals surface area contributed by atoms with Crippen molar-refractivity contribution in [2.24, 2.45) is 0 Å². The maximum Gasteiger partial charge on any atom is 0.330 e. The Morgan fingerprint density at radius 2 is 2.29 bits per heavy atom. The minimum Gasteiger partial charge on any atom is -0.466 e. The summed E-state index contributed by atoms with van der Waals surface area (Å²) >= 11 is 5.87. The van der Waals surface area contributed by atoms with Gasteiger partial charge in [0.05, 0.1) is 7.11 Å². The number of benzene rings is 1. The molecule has 1 rings (SSSR count). The molecule has 0 bridgehead atoms. The normalized spacial score (nSPS) is 10.4. The number of carbonyl (C=O) groups is 1. The number of anilines is 1. The molecular formula is C10H10ClNO2. The molecule has 0 fully saturated rings. The highest BCUT2D eigenvalue weighted by atomic mass is 35.5. The van der Waals surface area contributed by atoms with Gasteiger partial charge < -0.3 is 10.5 Å². The number of halogens is 1. The highest BCUT2D eigenvalue weighted by Crippen LogP contribution is 2.20. The third kappa shape index (κ3) is 2.78. The Morgan fingerprint density at radius 3 is 2.86 bits per heavy atom. The summed E-state index contributed by atoms with van der Waals surface area (Å²) in [5.74, 6) is -0.419. The molecule has 2 N–H and O–H groups in total. The average Bonchev–Trinajstić information content (AvgIpc) is 2.16. The molecular weight excluding hydrogens is 202 g/mol. The Balaban J connectivity index is 2.87. The highest BCUT2D eigenvalue weighted by molar-refractivity contribution is 6.32. The fourth-order valence-corrected chi connectivity index (χ4v) is 1.16. The van der Waals surface area contributed by atoms with Gasteiger partial charge in [0.15, 0.2) is 0 Å². The average molecular weight is 212 g/mol. The first-order valence-electron chi connectivity index (χ1n) is 3.94. The van der Waals surface area contributed by atoms with E-state index in [9.17, 15) is 4.79 Å². The molecule has 74 valence electrons. The van der Waals surface area contributed by atoms with Crippen LogP contribution in [-0.4, -0.2) is 13.1 Å². The summed E-state index contributed by atoms with van der Waals surface area (Å²) in [4.78, 5) is 10.8. The van der Waals surface area contributed by atoms with Crippen molar-refractivity contribution >= 4 is 29.3 Å². The van der Waals surface area contributed by atoms with Crippen LogP contribution in [0.25, 0.3) is 6.08 Å². The van der Waals surface area contributed by atoms with Crippen LogP contribution in [0.2, 0.25) is 5.02 Å². The van der Waals surface area contributed by atoms with Crippen molar-refractivity contribution in [2.45, 2.75) is 0 Å². The molecule has 0 spiro atoms. The molecule has 1 aromatic carbocycles. The lowest BCUT2D eigenvalue weighted by atomic mass is 10.2. The summed E-state index contributed by atoms with van der Waals surface area (Å²) in [6.07, 6.45) is 2.88. The van der Waals surface area contributed by atoms with E-state index in [-0.39, 0.29) is 0 Å². The monoisotopic (exact) mass is 211 g/mol.